The van der Waals surface area contributed by atoms with E-state index in [2.05, 4.69) is 9.97 Å². The topological polar surface area (TPSA) is 139 Å². The van der Waals surface area contributed by atoms with Gasteiger partial charge in [0.1, 0.15) is 5.75 Å². The minimum absolute atomic E-state index is 0.0514. The molecule has 25 heavy (non-hydrogen) atoms. The van der Waals surface area contributed by atoms with Crippen molar-refractivity contribution in [3.8, 4) is 5.75 Å². The van der Waals surface area contributed by atoms with Crippen LogP contribution >= 0.6 is 0 Å². The number of amides is 2. The maximum Gasteiger partial charge on any atom is 0.426 e. The molecule has 0 saturated heterocycles. The van der Waals surface area contributed by atoms with Gasteiger partial charge in [-0.2, -0.15) is 8.42 Å². The summed E-state index contributed by atoms with van der Waals surface area (Å²) in [6, 6.07) is 7.92. The van der Waals surface area contributed by atoms with Crippen molar-refractivity contribution in [3.63, 3.8) is 0 Å². The fourth-order valence-electron chi connectivity index (χ4n) is 2.17. The minimum Gasteiger partial charge on any atom is -0.465 e. The normalized spacial score (nSPS) is 13.2. The van der Waals surface area contributed by atoms with Crippen LogP contribution < -0.4 is 9.46 Å². The Morgan fingerprint density at radius 3 is 2.60 bits per heavy atom. The van der Waals surface area contributed by atoms with Gasteiger partial charge in [0.2, 0.25) is 0 Å². The summed E-state index contributed by atoms with van der Waals surface area (Å²) in [6.45, 7) is 0.0264. The van der Waals surface area contributed by atoms with Crippen LogP contribution in [-0.4, -0.2) is 40.6 Å². The van der Waals surface area contributed by atoms with Crippen LogP contribution in [0.1, 0.15) is 11.3 Å². The summed E-state index contributed by atoms with van der Waals surface area (Å²) in [5, 5.41) is 8.32. The average molecular weight is 364 g/mol. The van der Waals surface area contributed by atoms with E-state index in [1.54, 1.807) is 22.9 Å². The molecule has 130 valence electrons. The van der Waals surface area contributed by atoms with Crippen LogP contribution in [0.5, 0.6) is 5.75 Å². The zero-order chi connectivity index (χ0) is 18.0. The number of sulfonamides is 1. The summed E-state index contributed by atoms with van der Waals surface area (Å²) >= 11 is 0. The van der Waals surface area contributed by atoms with Gasteiger partial charge in [-0.15, -0.1) is 0 Å². The van der Waals surface area contributed by atoms with Gasteiger partial charge in [0.15, 0.2) is 0 Å². The number of nitrogens with one attached hydrogen (secondary N) is 1. The Hall–Kier alpha value is -3.21. The van der Waals surface area contributed by atoms with Gasteiger partial charge in [0.25, 0.3) is 5.16 Å². The van der Waals surface area contributed by atoms with Gasteiger partial charge >= 0.3 is 22.2 Å². The minimum atomic E-state index is -4.35. The second kappa shape index (κ2) is 6.36. The lowest BCUT2D eigenvalue weighted by molar-refractivity contribution is 0.145. The van der Waals surface area contributed by atoms with Gasteiger partial charge in [0, 0.05) is 11.8 Å². The summed E-state index contributed by atoms with van der Waals surface area (Å²) in [7, 11) is -4.35. The summed E-state index contributed by atoms with van der Waals surface area (Å²) < 4.78 is 30.9. The summed E-state index contributed by atoms with van der Waals surface area (Å²) in [5.41, 5.74) is 0.780. The smallest absolute Gasteiger partial charge is 0.426 e. The fourth-order valence-corrected chi connectivity index (χ4v) is 2.95. The first kappa shape index (κ1) is 16.6. The molecule has 0 radical (unpaired) electrons. The third-order valence-corrected chi connectivity index (χ3v) is 4.43. The van der Waals surface area contributed by atoms with Gasteiger partial charge in [-0.05, 0) is 12.1 Å². The van der Waals surface area contributed by atoms with Crippen molar-refractivity contribution in [2.75, 3.05) is 0 Å². The molecule has 1 aliphatic heterocycles. The molecule has 0 aliphatic carbocycles. The number of aromatic nitrogens is 2. The molecule has 2 heterocycles. The molecular weight excluding hydrogens is 352 g/mol. The van der Waals surface area contributed by atoms with Crippen LogP contribution in [0.3, 0.4) is 0 Å². The number of benzene rings is 1. The number of carbonyl (C=O) groups excluding carboxylic acids is 1. The molecule has 2 N–H and O–H groups in total. The first-order valence-electron chi connectivity index (χ1n) is 6.97. The maximum atomic E-state index is 12.2. The average Bonchev–Trinajstić information content (AvgIpc) is 2.98. The van der Waals surface area contributed by atoms with Gasteiger partial charge in [-0.25, -0.2) is 24.3 Å². The van der Waals surface area contributed by atoms with E-state index in [-0.39, 0.29) is 24.5 Å². The van der Waals surface area contributed by atoms with Crippen LogP contribution in [0, 0.1) is 0 Å². The molecule has 0 bridgehead atoms. The van der Waals surface area contributed by atoms with Gasteiger partial charge < -0.3 is 9.84 Å². The van der Waals surface area contributed by atoms with Crippen molar-refractivity contribution in [3.05, 3.63) is 47.8 Å². The van der Waals surface area contributed by atoms with Crippen molar-refractivity contribution >= 4 is 22.2 Å². The van der Waals surface area contributed by atoms with Crippen molar-refractivity contribution in [2.45, 2.75) is 18.2 Å². The Labute approximate surface area is 142 Å². The molecule has 2 amide bonds. The zero-order valence-electron chi connectivity index (χ0n) is 12.6. The van der Waals surface area contributed by atoms with Crippen molar-refractivity contribution in [1.29, 1.82) is 0 Å². The number of hydrogen-bond donors (Lipinski definition) is 2. The van der Waals surface area contributed by atoms with Crippen LogP contribution in [0.15, 0.2) is 41.7 Å². The summed E-state index contributed by atoms with van der Waals surface area (Å²) in [5.74, 6) is 0.169. The van der Waals surface area contributed by atoms with Gasteiger partial charge in [0.05, 0.1) is 18.8 Å². The largest absolute Gasteiger partial charge is 0.465 e. The Balaban J connectivity index is 1.74. The Bertz CT molecular complexity index is 932. The standard InChI is InChI=1S/C14H12N4O6S/c19-13(24-10-4-2-1-3-5-10)17-25(22,23)12-15-6-9-7-18(14(20)21)8-11(9)16-12/h1-6H,7-8H2,(H,17,19)(H,20,21). The molecule has 2 aromatic rings. The first-order chi connectivity index (χ1) is 11.8. The molecule has 1 aromatic carbocycles. The lowest BCUT2D eigenvalue weighted by atomic mass is 10.3. The van der Waals surface area contributed by atoms with Crippen molar-refractivity contribution in [2.24, 2.45) is 0 Å². The predicted octanol–water partition coefficient (Wildman–Crippen LogP) is 0.947. The number of nitrogens with zero attached hydrogens (tertiary/aromatic N) is 3. The van der Waals surface area contributed by atoms with E-state index < -0.39 is 27.4 Å². The molecule has 0 fully saturated rings. The molecule has 1 aromatic heterocycles. The van der Waals surface area contributed by atoms with E-state index in [0.717, 1.165) is 4.90 Å². The second-order valence-corrected chi connectivity index (χ2v) is 6.65. The van der Waals surface area contributed by atoms with Crippen LogP contribution in [-0.2, 0) is 23.1 Å². The van der Waals surface area contributed by atoms with Crippen LogP contribution in [0.2, 0.25) is 0 Å². The third kappa shape index (κ3) is 3.66. The number of para-hydroxylation sites is 1. The van der Waals surface area contributed by atoms with E-state index in [1.165, 1.54) is 18.3 Å². The molecule has 10 nitrogen and oxygen atoms in total. The SMILES string of the molecule is O=C(NS(=O)(=O)c1ncc2c(n1)CN(C(=O)O)C2)Oc1ccccc1. The number of rotatable bonds is 3. The van der Waals surface area contributed by atoms with Gasteiger partial charge in [-0.3, -0.25) is 4.90 Å². The first-order valence-corrected chi connectivity index (χ1v) is 8.46. The number of carboxylic acid groups (broad SMARTS) is 1. The Morgan fingerprint density at radius 1 is 1.20 bits per heavy atom. The Morgan fingerprint density at radius 2 is 1.92 bits per heavy atom. The zero-order valence-corrected chi connectivity index (χ0v) is 13.4. The lowest BCUT2D eigenvalue weighted by Gasteiger charge is -2.08. The molecule has 3 rings (SSSR count). The highest BCUT2D eigenvalue weighted by Gasteiger charge is 2.28. The van der Waals surface area contributed by atoms with E-state index in [9.17, 15) is 18.0 Å². The number of hydrogen-bond acceptors (Lipinski definition) is 7. The number of fused-ring (bicyclic) bond motifs is 1. The van der Waals surface area contributed by atoms with Crippen molar-refractivity contribution in [1.82, 2.24) is 19.6 Å². The van der Waals surface area contributed by atoms with E-state index in [4.69, 9.17) is 9.84 Å². The molecule has 0 saturated carbocycles. The molecular formula is C14H12N4O6S. The number of ether oxygens (including phenoxy) is 1. The molecule has 0 unspecified atom stereocenters. The quantitative estimate of drug-likeness (QED) is 0.767. The van der Waals surface area contributed by atoms with Crippen LogP contribution in [0.25, 0.3) is 0 Å². The maximum absolute atomic E-state index is 12.2. The highest BCUT2D eigenvalue weighted by molar-refractivity contribution is 7.89. The summed E-state index contributed by atoms with van der Waals surface area (Å²) in [4.78, 5) is 31.3. The monoisotopic (exact) mass is 364 g/mol. The molecule has 0 spiro atoms. The number of carbonyl (C=O) groups is 2. The van der Waals surface area contributed by atoms with E-state index in [0.29, 0.717) is 5.56 Å². The van der Waals surface area contributed by atoms with E-state index >= 15 is 0 Å². The van der Waals surface area contributed by atoms with Crippen molar-refractivity contribution < 1.29 is 27.9 Å². The third-order valence-electron chi connectivity index (χ3n) is 3.32. The summed E-state index contributed by atoms with van der Waals surface area (Å²) in [6.07, 6.45) is -1.13. The highest BCUT2D eigenvalue weighted by Crippen LogP contribution is 2.21. The molecule has 0 atom stereocenters. The van der Waals surface area contributed by atoms with E-state index in [1.807, 2.05) is 0 Å². The second-order valence-electron chi connectivity index (χ2n) is 5.07. The van der Waals surface area contributed by atoms with Crippen LogP contribution in [0.4, 0.5) is 9.59 Å². The lowest BCUT2D eigenvalue weighted by Crippen LogP contribution is -2.34. The molecule has 11 heteroatoms. The highest BCUT2D eigenvalue weighted by atomic mass is 32.2. The fraction of sp³-hybridized carbons (Fsp3) is 0.143. The van der Waals surface area contributed by atoms with Gasteiger partial charge in [-0.1, -0.05) is 18.2 Å². The predicted molar refractivity (Wildman–Crippen MR) is 82.1 cm³/mol. The molecule has 1 aliphatic rings. The Kier molecular flexibility index (Phi) is 4.23.